The first kappa shape index (κ1) is 20.4. The van der Waals surface area contributed by atoms with Gasteiger partial charge >= 0.3 is 0 Å². The summed E-state index contributed by atoms with van der Waals surface area (Å²) >= 11 is 5.34. The zero-order chi connectivity index (χ0) is 20.7. The summed E-state index contributed by atoms with van der Waals surface area (Å²) in [6.45, 7) is 2.99. The number of nitrogens with zero attached hydrogens (tertiary/aromatic N) is 2. The number of phenols is 1. The third-order valence-corrected chi connectivity index (χ3v) is 7.83. The lowest BCUT2D eigenvalue weighted by Gasteiger charge is -2.17. The minimum absolute atomic E-state index is 0.130. The predicted molar refractivity (Wildman–Crippen MR) is 125 cm³/mol. The molecule has 1 aliphatic heterocycles. The summed E-state index contributed by atoms with van der Waals surface area (Å²) in [6.07, 6.45) is 4.88. The second-order valence-electron chi connectivity index (χ2n) is 8.42. The number of rotatable bonds is 7. The van der Waals surface area contributed by atoms with Crippen LogP contribution in [0.1, 0.15) is 48.5 Å². The maximum atomic E-state index is 14.0. The van der Waals surface area contributed by atoms with E-state index in [4.69, 9.17) is 0 Å². The highest BCUT2D eigenvalue weighted by Gasteiger charge is 2.29. The molecule has 3 nitrogen and oxygen atoms in total. The average molecular weight is 489 g/mol. The highest BCUT2D eigenvalue weighted by Crippen LogP contribution is 2.44. The van der Waals surface area contributed by atoms with Crippen molar-refractivity contribution in [2.45, 2.75) is 49.8 Å². The van der Waals surface area contributed by atoms with E-state index in [0.29, 0.717) is 17.5 Å². The summed E-state index contributed by atoms with van der Waals surface area (Å²) < 4.78 is 17.2. The highest BCUT2D eigenvalue weighted by atomic mass is 79.9. The number of aromatic nitrogens is 1. The van der Waals surface area contributed by atoms with Gasteiger partial charge in [-0.1, -0.05) is 18.2 Å². The number of halogens is 2. The maximum Gasteiger partial charge on any atom is 0.135 e. The molecule has 1 aromatic heterocycles. The first-order valence-electron chi connectivity index (χ1n) is 10.7. The Balaban J connectivity index is 1.47. The lowest BCUT2D eigenvalue weighted by molar-refractivity contribution is 0.325. The number of hydrogen-bond acceptors (Lipinski definition) is 3. The smallest absolute Gasteiger partial charge is 0.135 e. The van der Waals surface area contributed by atoms with Crippen LogP contribution in [0.15, 0.2) is 40.9 Å². The molecule has 0 unspecified atom stereocenters. The Labute approximate surface area is 189 Å². The van der Waals surface area contributed by atoms with Gasteiger partial charge in [-0.15, -0.1) is 0 Å². The standard InChI is InChI=1S/C24H26BrFN2OS/c25-21-12-23-19(20(24(21)29)13-27-9-3-4-10-27)11-18(28(23)17-7-8-17)15-30-14-16-5-1-2-6-22(16)26/h1-2,5-6,11-12,17,29H,3-4,7-10,13-15H2. The van der Waals surface area contributed by atoms with Gasteiger partial charge in [-0.3, -0.25) is 4.90 Å². The lowest BCUT2D eigenvalue weighted by atomic mass is 10.1. The summed E-state index contributed by atoms with van der Waals surface area (Å²) in [7, 11) is 0. The quantitative estimate of drug-likeness (QED) is 0.405. The first-order valence-corrected chi connectivity index (χ1v) is 12.6. The molecule has 5 rings (SSSR count). The zero-order valence-electron chi connectivity index (χ0n) is 16.9. The van der Waals surface area contributed by atoms with Crippen LogP contribution in [-0.2, 0) is 18.1 Å². The average Bonchev–Trinajstić information content (AvgIpc) is 3.31. The fraction of sp³-hybridized carbons (Fsp3) is 0.417. The van der Waals surface area contributed by atoms with Crippen molar-refractivity contribution in [3.05, 3.63) is 63.5 Å². The maximum absolute atomic E-state index is 14.0. The predicted octanol–water partition coefficient (Wildman–Crippen LogP) is 6.61. The number of benzene rings is 2. The number of likely N-dealkylation sites (tertiary alicyclic amines) is 1. The molecule has 1 saturated heterocycles. The zero-order valence-corrected chi connectivity index (χ0v) is 19.3. The summed E-state index contributed by atoms with van der Waals surface area (Å²) in [6, 6.07) is 11.9. The molecular weight excluding hydrogens is 463 g/mol. The Kier molecular flexibility index (Phi) is 5.82. The molecule has 1 saturated carbocycles. The SMILES string of the molecule is Oc1c(Br)cc2c(cc(CSCc3ccccc3F)n2C2CC2)c1CN1CCCC1. The van der Waals surface area contributed by atoms with Crippen LogP contribution >= 0.6 is 27.7 Å². The van der Waals surface area contributed by atoms with Crippen molar-refractivity contribution in [2.75, 3.05) is 13.1 Å². The molecule has 2 heterocycles. The molecule has 0 amide bonds. The van der Waals surface area contributed by atoms with Crippen LogP contribution in [0.4, 0.5) is 4.39 Å². The van der Waals surface area contributed by atoms with Crippen LogP contribution in [0, 0.1) is 5.82 Å². The van der Waals surface area contributed by atoms with Crippen molar-refractivity contribution >= 4 is 38.6 Å². The fourth-order valence-electron chi connectivity index (χ4n) is 4.52. The minimum atomic E-state index is -0.130. The summed E-state index contributed by atoms with van der Waals surface area (Å²) in [5, 5.41) is 12.0. The van der Waals surface area contributed by atoms with Gasteiger partial charge in [0.1, 0.15) is 11.6 Å². The Bertz CT molecular complexity index is 1070. The van der Waals surface area contributed by atoms with Gasteiger partial charge in [-0.2, -0.15) is 11.8 Å². The monoisotopic (exact) mass is 488 g/mol. The van der Waals surface area contributed by atoms with Gasteiger partial charge in [0.05, 0.1) is 9.99 Å². The van der Waals surface area contributed by atoms with E-state index in [9.17, 15) is 9.50 Å². The Morgan fingerprint density at radius 2 is 1.87 bits per heavy atom. The van der Waals surface area contributed by atoms with Gasteiger partial charge in [-0.05, 0) is 78.5 Å². The molecular formula is C24H26BrFN2OS. The van der Waals surface area contributed by atoms with Crippen LogP contribution in [0.3, 0.4) is 0 Å². The number of aromatic hydroxyl groups is 1. The van der Waals surface area contributed by atoms with Crippen LogP contribution in [0.5, 0.6) is 5.75 Å². The molecule has 158 valence electrons. The second kappa shape index (κ2) is 8.56. The van der Waals surface area contributed by atoms with Gasteiger partial charge in [0, 0.05) is 40.7 Å². The van der Waals surface area contributed by atoms with Gasteiger partial charge in [0.25, 0.3) is 0 Å². The molecule has 2 aromatic carbocycles. The van der Waals surface area contributed by atoms with E-state index in [1.807, 2.05) is 12.1 Å². The van der Waals surface area contributed by atoms with Crippen molar-refractivity contribution < 1.29 is 9.50 Å². The van der Waals surface area contributed by atoms with Gasteiger partial charge in [0.15, 0.2) is 0 Å². The van der Waals surface area contributed by atoms with Crippen molar-refractivity contribution in [1.29, 1.82) is 0 Å². The molecule has 0 atom stereocenters. The summed E-state index contributed by atoms with van der Waals surface area (Å²) in [5.74, 6) is 1.73. The largest absolute Gasteiger partial charge is 0.506 e. The van der Waals surface area contributed by atoms with E-state index in [-0.39, 0.29) is 5.82 Å². The molecule has 1 N–H and O–H groups in total. The van der Waals surface area contributed by atoms with Crippen molar-refractivity contribution in [2.24, 2.45) is 0 Å². The third kappa shape index (κ3) is 4.02. The van der Waals surface area contributed by atoms with Crippen molar-refractivity contribution in [3.8, 4) is 5.75 Å². The molecule has 2 fully saturated rings. The first-order chi connectivity index (χ1) is 14.6. The van der Waals surface area contributed by atoms with Gasteiger partial charge in [-0.25, -0.2) is 4.39 Å². The van der Waals surface area contributed by atoms with Gasteiger partial charge < -0.3 is 9.67 Å². The Hall–Kier alpha value is -1.50. The molecule has 0 radical (unpaired) electrons. The number of thioether (sulfide) groups is 1. The molecule has 6 heteroatoms. The van der Waals surface area contributed by atoms with Crippen LogP contribution in [0.25, 0.3) is 10.9 Å². The Morgan fingerprint density at radius 1 is 1.10 bits per heavy atom. The number of fused-ring (bicyclic) bond motifs is 1. The lowest BCUT2D eigenvalue weighted by Crippen LogP contribution is -2.18. The number of hydrogen-bond donors (Lipinski definition) is 1. The van der Waals surface area contributed by atoms with Crippen LogP contribution < -0.4 is 0 Å². The van der Waals surface area contributed by atoms with E-state index in [0.717, 1.165) is 46.4 Å². The second-order valence-corrected chi connectivity index (χ2v) is 10.3. The van der Waals surface area contributed by atoms with E-state index in [2.05, 4.69) is 37.5 Å². The van der Waals surface area contributed by atoms with Crippen molar-refractivity contribution in [3.63, 3.8) is 0 Å². The molecule has 0 bridgehead atoms. The minimum Gasteiger partial charge on any atom is -0.506 e. The van der Waals surface area contributed by atoms with Gasteiger partial charge in [0.2, 0.25) is 0 Å². The molecule has 2 aliphatic rings. The van der Waals surface area contributed by atoms with E-state index < -0.39 is 0 Å². The van der Waals surface area contributed by atoms with E-state index in [1.165, 1.54) is 43.0 Å². The summed E-state index contributed by atoms with van der Waals surface area (Å²) in [4.78, 5) is 2.43. The summed E-state index contributed by atoms with van der Waals surface area (Å²) in [5.41, 5.74) is 4.26. The van der Waals surface area contributed by atoms with E-state index in [1.54, 1.807) is 17.8 Å². The molecule has 1 aliphatic carbocycles. The van der Waals surface area contributed by atoms with E-state index >= 15 is 0 Å². The fourth-order valence-corrected chi connectivity index (χ4v) is 5.97. The van der Waals surface area contributed by atoms with Crippen LogP contribution in [-0.4, -0.2) is 27.7 Å². The number of phenolic OH excluding ortho intramolecular Hbond substituents is 1. The third-order valence-electron chi connectivity index (χ3n) is 6.21. The highest BCUT2D eigenvalue weighted by molar-refractivity contribution is 9.10. The normalized spacial score (nSPS) is 17.3. The molecule has 0 spiro atoms. The molecule has 30 heavy (non-hydrogen) atoms. The Morgan fingerprint density at radius 3 is 2.60 bits per heavy atom. The van der Waals surface area contributed by atoms with Crippen LogP contribution in [0.2, 0.25) is 0 Å². The molecule has 3 aromatic rings. The van der Waals surface area contributed by atoms with Crippen molar-refractivity contribution in [1.82, 2.24) is 9.47 Å². The topological polar surface area (TPSA) is 28.4 Å².